The van der Waals surface area contributed by atoms with Gasteiger partial charge in [0.25, 0.3) is 0 Å². The van der Waals surface area contributed by atoms with Gasteiger partial charge >= 0.3 is 5.97 Å². The highest BCUT2D eigenvalue weighted by Crippen LogP contribution is 2.37. The van der Waals surface area contributed by atoms with E-state index < -0.39 is 23.7 Å². The van der Waals surface area contributed by atoms with Crippen molar-refractivity contribution in [2.45, 2.75) is 95.4 Å². The van der Waals surface area contributed by atoms with E-state index in [1.165, 1.54) is 12.1 Å². The van der Waals surface area contributed by atoms with Crippen LogP contribution in [0.2, 0.25) is 5.02 Å². The minimum atomic E-state index is -1.05. The molecule has 2 amide bonds. The predicted octanol–water partition coefficient (Wildman–Crippen LogP) is 5.62. The number of piperidine rings is 1. The van der Waals surface area contributed by atoms with E-state index in [2.05, 4.69) is 17.1 Å². The zero-order valence-electron chi connectivity index (χ0n) is 25.5. The number of rotatable bonds is 10. The van der Waals surface area contributed by atoms with Crippen molar-refractivity contribution >= 4 is 29.4 Å². The van der Waals surface area contributed by atoms with Crippen molar-refractivity contribution in [2.75, 3.05) is 19.6 Å². The first-order chi connectivity index (χ1) is 21.2. The molecule has 2 heterocycles. The number of carboxylic acid groups (broad SMARTS) is 1. The molecule has 1 saturated carbocycles. The summed E-state index contributed by atoms with van der Waals surface area (Å²) in [6.07, 6.45) is 8.22. The first-order valence-corrected chi connectivity index (χ1v) is 16.4. The summed E-state index contributed by atoms with van der Waals surface area (Å²) in [6.45, 7) is 4.65. The van der Waals surface area contributed by atoms with Crippen molar-refractivity contribution in [3.63, 3.8) is 0 Å². The van der Waals surface area contributed by atoms with Gasteiger partial charge < -0.3 is 25.2 Å². The van der Waals surface area contributed by atoms with E-state index in [0.29, 0.717) is 50.5 Å². The van der Waals surface area contributed by atoms with Gasteiger partial charge in [-0.2, -0.15) is 0 Å². The maximum Gasteiger partial charge on any atom is 0.335 e. The van der Waals surface area contributed by atoms with E-state index in [9.17, 15) is 19.5 Å². The summed E-state index contributed by atoms with van der Waals surface area (Å²) in [5, 5.41) is 23.6. The fraction of sp³-hybridized carbons (Fsp3) is 0.559. The molecule has 1 spiro atoms. The number of halogens is 1. The summed E-state index contributed by atoms with van der Waals surface area (Å²) >= 11 is 6.21. The van der Waals surface area contributed by atoms with Crippen LogP contribution in [0.15, 0.2) is 42.5 Å². The molecule has 0 bridgehead atoms. The Labute approximate surface area is 264 Å². The zero-order chi connectivity index (χ0) is 31.3. The van der Waals surface area contributed by atoms with Crippen LogP contribution in [-0.4, -0.2) is 75.1 Å². The van der Waals surface area contributed by atoms with Crippen molar-refractivity contribution in [3.8, 4) is 11.5 Å². The number of piperazine rings is 1. The molecule has 3 aliphatic rings. The molecule has 2 saturated heterocycles. The molecule has 2 aliphatic heterocycles. The summed E-state index contributed by atoms with van der Waals surface area (Å²) in [7, 11) is 0. The number of hydrogen-bond donors (Lipinski definition) is 3. The van der Waals surface area contributed by atoms with Gasteiger partial charge in [0.05, 0.1) is 16.7 Å². The van der Waals surface area contributed by atoms with E-state index in [1.54, 1.807) is 6.07 Å². The molecule has 2 atom stereocenters. The van der Waals surface area contributed by atoms with Crippen LogP contribution in [-0.2, 0) is 16.1 Å². The van der Waals surface area contributed by atoms with Gasteiger partial charge in [-0.15, -0.1) is 0 Å². The SMILES string of the molecule is CCCCN1C(=O)[C@@H]([C@H](O)C2CCCCCC2)NC(=O)C12CCN(Cc1ccc(Oc3ccc(C(=O)O)cc3Cl)cc1)CC2. The Hall–Kier alpha value is -3.14. The standard InChI is InChI=1S/C34H44ClN3O6/c1-2-3-18-38-31(40)29(30(39)24-8-6-4-5-7-9-24)36-33(43)34(38)16-19-37(20-17-34)22-23-10-13-26(14-11-23)44-28-15-12-25(32(41)42)21-27(28)35/h10-15,21,24,29-30,39H,2-9,16-20,22H2,1H3,(H,36,43)(H,41,42)/t29-,30-/m1/s1. The van der Waals surface area contributed by atoms with Crippen LogP contribution in [0.3, 0.4) is 0 Å². The average Bonchev–Trinajstić information content (AvgIpc) is 3.31. The molecule has 0 aromatic heterocycles. The molecule has 1 aliphatic carbocycles. The number of carbonyl (C=O) groups excluding carboxylic acids is 2. The third kappa shape index (κ3) is 7.05. The number of aliphatic hydroxyl groups excluding tert-OH is 1. The highest BCUT2D eigenvalue weighted by atomic mass is 35.5. The minimum Gasteiger partial charge on any atom is -0.478 e. The highest BCUT2D eigenvalue weighted by molar-refractivity contribution is 6.32. The Balaban J connectivity index is 1.21. The van der Waals surface area contributed by atoms with Crippen LogP contribution in [0.5, 0.6) is 11.5 Å². The van der Waals surface area contributed by atoms with Crippen molar-refractivity contribution in [3.05, 3.63) is 58.6 Å². The second-order valence-electron chi connectivity index (χ2n) is 12.5. The van der Waals surface area contributed by atoms with Crippen molar-refractivity contribution in [2.24, 2.45) is 5.92 Å². The van der Waals surface area contributed by atoms with Crippen LogP contribution < -0.4 is 10.1 Å². The summed E-state index contributed by atoms with van der Waals surface area (Å²) in [5.41, 5.74) is 0.297. The molecule has 2 aromatic carbocycles. The average molecular weight is 626 g/mol. The largest absolute Gasteiger partial charge is 0.478 e. The molecule has 0 radical (unpaired) electrons. The van der Waals surface area contributed by atoms with Crippen molar-refractivity contribution < 1.29 is 29.3 Å². The summed E-state index contributed by atoms with van der Waals surface area (Å²) in [5.74, 6) is -0.298. The van der Waals surface area contributed by atoms with Crippen LogP contribution in [0.1, 0.15) is 87.1 Å². The molecule has 0 unspecified atom stereocenters. The molecule has 3 fully saturated rings. The lowest BCUT2D eigenvalue weighted by atomic mass is 9.79. The molecule has 2 aromatic rings. The maximum atomic E-state index is 13.9. The van der Waals surface area contributed by atoms with E-state index in [0.717, 1.165) is 56.9 Å². The second-order valence-corrected chi connectivity index (χ2v) is 12.9. The monoisotopic (exact) mass is 625 g/mol. The van der Waals surface area contributed by atoms with Gasteiger partial charge in [0.1, 0.15) is 23.1 Å². The number of amides is 2. The van der Waals surface area contributed by atoms with Gasteiger partial charge in [0.15, 0.2) is 0 Å². The molecule has 44 heavy (non-hydrogen) atoms. The smallest absolute Gasteiger partial charge is 0.335 e. The van der Waals surface area contributed by atoms with Crippen LogP contribution >= 0.6 is 11.6 Å². The number of carboxylic acids is 1. The molecule has 10 heteroatoms. The van der Waals surface area contributed by atoms with Crippen molar-refractivity contribution in [1.82, 2.24) is 15.1 Å². The Kier molecular flexibility index (Phi) is 10.5. The predicted molar refractivity (Wildman–Crippen MR) is 168 cm³/mol. The van der Waals surface area contributed by atoms with Gasteiger partial charge in [-0.3, -0.25) is 14.5 Å². The number of carbonyl (C=O) groups is 3. The Morgan fingerprint density at radius 1 is 1.07 bits per heavy atom. The third-order valence-corrected chi connectivity index (χ3v) is 9.93. The number of likely N-dealkylation sites (tertiary alicyclic amines) is 1. The van der Waals surface area contributed by atoms with Crippen LogP contribution in [0.4, 0.5) is 0 Å². The van der Waals surface area contributed by atoms with Gasteiger partial charge in [0.2, 0.25) is 11.8 Å². The molecule has 5 rings (SSSR count). The summed E-state index contributed by atoms with van der Waals surface area (Å²) in [6, 6.07) is 11.1. The second kappa shape index (κ2) is 14.3. The molecular formula is C34H44ClN3O6. The summed E-state index contributed by atoms with van der Waals surface area (Å²) in [4.78, 5) is 43.0. The summed E-state index contributed by atoms with van der Waals surface area (Å²) < 4.78 is 5.86. The Morgan fingerprint density at radius 2 is 1.75 bits per heavy atom. The fourth-order valence-electron chi connectivity index (χ4n) is 6.98. The number of ether oxygens (including phenoxy) is 1. The van der Waals surface area contributed by atoms with Gasteiger partial charge in [-0.05, 0) is 73.9 Å². The number of nitrogens with zero attached hydrogens (tertiary/aromatic N) is 2. The van der Waals surface area contributed by atoms with Crippen LogP contribution in [0, 0.1) is 5.92 Å². The van der Waals surface area contributed by atoms with E-state index in [1.807, 2.05) is 29.2 Å². The number of benzene rings is 2. The molecule has 9 nitrogen and oxygen atoms in total. The lowest BCUT2D eigenvalue weighted by molar-refractivity contribution is -0.165. The Morgan fingerprint density at radius 3 is 2.36 bits per heavy atom. The number of hydrogen-bond acceptors (Lipinski definition) is 6. The maximum absolute atomic E-state index is 13.9. The van der Waals surface area contributed by atoms with E-state index in [4.69, 9.17) is 21.4 Å². The first kappa shape index (κ1) is 32.3. The van der Waals surface area contributed by atoms with E-state index >= 15 is 0 Å². The Bertz CT molecular complexity index is 1320. The minimum absolute atomic E-state index is 0.0435. The normalized spacial score (nSPS) is 22.0. The van der Waals surface area contributed by atoms with Crippen molar-refractivity contribution in [1.29, 1.82) is 0 Å². The molecule has 3 N–H and O–H groups in total. The van der Waals surface area contributed by atoms with Gasteiger partial charge in [0, 0.05) is 26.2 Å². The molecule has 238 valence electrons. The number of aromatic carboxylic acids is 1. The van der Waals surface area contributed by atoms with Crippen LogP contribution in [0.25, 0.3) is 0 Å². The quantitative estimate of drug-likeness (QED) is 0.293. The number of aliphatic hydroxyl groups is 1. The third-order valence-electron chi connectivity index (χ3n) is 9.64. The fourth-order valence-corrected chi connectivity index (χ4v) is 7.20. The number of nitrogens with one attached hydrogen (secondary N) is 1. The number of unbranched alkanes of at least 4 members (excludes halogenated alkanes) is 1. The van der Waals surface area contributed by atoms with E-state index in [-0.39, 0.29) is 28.3 Å². The topological polar surface area (TPSA) is 119 Å². The lowest BCUT2D eigenvalue weighted by Gasteiger charge is -2.52. The first-order valence-electron chi connectivity index (χ1n) is 16.0. The van der Waals surface area contributed by atoms with Gasteiger partial charge in [-0.1, -0.05) is 62.8 Å². The molecular weight excluding hydrogens is 582 g/mol. The highest BCUT2D eigenvalue weighted by Gasteiger charge is 2.55. The zero-order valence-corrected chi connectivity index (χ0v) is 26.2. The lowest BCUT2D eigenvalue weighted by Crippen LogP contribution is -2.75. The van der Waals surface area contributed by atoms with Gasteiger partial charge in [-0.25, -0.2) is 4.79 Å².